The molecule has 0 radical (unpaired) electrons. The number of amides is 1. The molecule has 0 fully saturated rings. The van der Waals surface area contributed by atoms with E-state index in [1.807, 2.05) is 24.3 Å². The van der Waals surface area contributed by atoms with Crippen LogP contribution in [0.2, 0.25) is 0 Å². The van der Waals surface area contributed by atoms with Gasteiger partial charge in [0.2, 0.25) is 0 Å². The highest BCUT2D eigenvalue weighted by molar-refractivity contribution is 5.93. The number of aromatic nitrogens is 3. The molecule has 1 aromatic heterocycles. The largest absolute Gasteiger partial charge is 0.486 e. The van der Waals surface area contributed by atoms with E-state index >= 15 is 0 Å². The first kappa shape index (κ1) is 18.0. The maximum absolute atomic E-state index is 13.1. The van der Waals surface area contributed by atoms with Crippen LogP contribution in [0.5, 0.6) is 11.5 Å². The number of halogens is 1. The van der Waals surface area contributed by atoms with Gasteiger partial charge in [0, 0.05) is 7.05 Å². The summed E-state index contributed by atoms with van der Waals surface area (Å²) in [6, 6.07) is 13.3. The summed E-state index contributed by atoms with van der Waals surface area (Å²) >= 11 is 0. The van der Waals surface area contributed by atoms with Crippen molar-refractivity contribution in [1.82, 2.24) is 19.9 Å². The highest BCUT2D eigenvalue weighted by atomic mass is 19.1. The molecule has 1 unspecified atom stereocenters. The van der Waals surface area contributed by atoms with E-state index in [1.165, 1.54) is 21.7 Å². The van der Waals surface area contributed by atoms with Crippen LogP contribution in [0, 0.1) is 12.7 Å². The topological polar surface area (TPSA) is 69.5 Å². The van der Waals surface area contributed by atoms with E-state index in [1.54, 1.807) is 26.1 Å². The van der Waals surface area contributed by atoms with Crippen LogP contribution in [-0.2, 0) is 0 Å². The summed E-state index contributed by atoms with van der Waals surface area (Å²) in [5.74, 6) is 0.756. The van der Waals surface area contributed by atoms with Crippen LogP contribution in [0.3, 0.4) is 0 Å². The smallest absolute Gasteiger partial charge is 0.276 e. The maximum Gasteiger partial charge on any atom is 0.276 e. The predicted molar refractivity (Wildman–Crippen MR) is 99.4 cm³/mol. The van der Waals surface area contributed by atoms with Gasteiger partial charge in [-0.3, -0.25) is 4.79 Å². The van der Waals surface area contributed by atoms with Crippen LogP contribution in [0.25, 0.3) is 5.69 Å². The quantitative estimate of drug-likeness (QED) is 0.694. The normalized spacial score (nSPS) is 15.3. The van der Waals surface area contributed by atoms with Gasteiger partial charge in [-0.25, -0.2) is 9.07 Å². The highest BCUT2D eigenvalue weighted by Gasteiger charge is 2.26. The van der Waals surface area contributed by atoms with Crippen LogP contribution in [-0.4, -0.2) is 52.1 Å². The Morgan fingerprint density at radius 2 is 1.93 bits per heavy atom. The minimum Gasteiger partial charge on any atom is -0.486 e. The van der Waals surface area contributed by atoms with Crippen molar-refractivity contribution in [3.05, 3.63) is 65.7 Å². The number of benzene rings is 2. The zero-order valence-corrected chi connectivity index (χ0v) is 15.5. The van der Waals surface area contributed by atoms with E-state index in [0.29, 0.717) is 36.0 Å². The lowest BCUT2D eigenvalue weighted by molar-refractivity contribution is 0.0517. The number of nitrogens with zero attached hydrogens (tertiary/aromatic N) is 4. The van der Waals surface area contributed by atoms with Gasteiger partial charge in [-0.05, 0) is 43.3 Å². The van der Waals surface area contributed by atoms with Crippen LogP contribution >= 0.6 is 0 Å². The Balaban J connectivity index is 1.47. The lowest BCUT2D eigenvalue weighted by Gasteiger charge is -2.29. The third-order valence-electron chi connectivity index (χ3n) is 4.56. The molecule has 4 rings (SSSR count). The van der Waals surface area contributed by atoms with Crippen molar-refractivity contribution in [1.29, 1.82) is 0 Å². The van der Waals surface area contributed by atoms with Crippen molar-refractivity contribution in [2.75, 3.05) is 20.2 Å². The van der Waals surface area contributed by atoms with Crippen LogP contribution in [0.4, 0.5) is 4.39 Å². The van der Waals surface area contributed by atoms with Crippen LogP contribution in [0.15, 0.2) is 48.5 Å². The van der Waals surface area contributed by atoms with Gasteiger partial charge in [-0.1, -0.05) is 17.3 Å². The molecule has 1 atom stereocenters. The summed E-state index contributed by atoms with van der Waals surface area (Å²) in [7, 11) is 1.68. The summed E-state index contributed by atoms with van der Waals surface area (Å²) in [5, 5.41) is 8.06. The molecule has 0 bridgehead atoms. The van der Waals surface area contributed by atoms with Crippen molar-refractivity contribution in [2.24, 2.45) is 0 Å². The number of rotatable bonds is 4. The fraction of sp³-hybridized carbons (Fsp3) is 0.250. The fourth-order valence-corrected chi connectivity index (χ4v) is 3.08. The fourth-order valence-electron chi connectivity index (χ4n) is 3.08. The summed E-state index contributed by atoms with van der Waals surface area (Å²) in [6.07, 6.45) is -0.281. The number of carbonyl (C=O) groups is 1. The van der Waals surface area contributed by atoms with E-state index in [4.69, 9.17) is 9.47 Å². The molecule has 0 saturated heterocycles. The van der Waals surface area contributed by atoms with Crippen molar-refractivity contribution in [2.45, 2.75) is 13.0 Å². The Morgan fingerprint density at radius 1 is 1.21 bits per heavy atom. The van der Waals surface area contributed by atoms with Gasteiger partial charge in [-0.2, -0.15) is 0 Å². The van der Waals surface area contributed by atoms with Crippen LogP contribution < -0.4 is 9.47 Å². The van der Waals surface area contributed by atoms with Gasteiger partial charge < -0.3 is 14.4 Å². The number of para-hydroxylation sites is 2. The summed E-state index contributed by atoms with van der Waals surface area (Å²) in [4.78, 5) is 14.4. The number of hydrogen-bond acceptors (Lipinski definition) is 5. The van der Waals surface area contributed by atoms with E-state index < -0.39 is 0 Å². The lowest BCUT2D eigenvalue weighted by atomic mass is 10.2. The zero-order chi connectivity index (χ0) is 19.7. The van der Waals surface area contributed by atoms with E-state index in [0.717, 1.165) is 0 Å². The average Bonchev–Trinajstić information content (AvgIpc) is 3.09. The molecule has 1 aliphatic heterocycles. The molecule has 2 aromatic carbocycles. The third kappa shape index (κ3) is 3.40. The van der Waals surface area contributed by atoms with Crippen LogP contribution in [0.1, 0.15) is 16.2 Å². The van der Waals surface area contributed by atoms with Gasteiger partial charge in [0.15, 0.2) is 23.3 Å². The number of fused-ring (bicyclic) bond motifs is 1. The average molecular weight is 382 g/mol. The molecular weight excluding hydrogens is 363 g/mol. The molecule has 1 amide bonds. The van der Waals surface area contributed by atoms with Gasteiger partial charge in [0.25, 0.3) is 5.91 Å². The number of ether oxygens (including phenoxy) is 2. The Morgan fingerprint density at radius 3 is 2.68 bits per heavy atom. The third-order valence-corrected chi connectivity index (χ3v) is 4.56. The zero-order valence-electron chi connectivity index (χ0n) is 15.5. The molecule has 0 N–H and O–H groups in total. The Labute approximate surface area is 161 Å². The number of carbonyl (C=O) groups excluding carboxylic acids is 1. The second-order valence-corrected chi connectivity index (χ2v) is 6.59. The minimum atomic E-state index is -0.339. The Kier molecular flexibility index (Phi) is 4.68. The molecule has 1 aliphatic rings. The van der Waals surface area contributed by atoms with Gasteiger partial charge in [-0.15, -0.1) is 5.10 Å². The highest BCUT2D eigenvalue weighted by Crippen LogP contribution is 2.31. The minimum absolute atomic E-state index is 0.240. The Hall–Kier alpha value is -3.42. The van der Waals surface area contributed by atoms with Gasteiger partial charge in [0.05, 0.1) is 17.9 Å². The van der Waals surface area contributed by atoms with Crippen molar-refractivity contribution in [3.8, 4) is 17.2 Å². The van der Waals surface area contributed by atoms with E-state index in [9.17, 15) is 9.18 Å². The first-order valence-corrected chi connectivity index (χ1v) is 8.85. The van der Waals surface area contributed by atoms with Crippen molar-refractivity contribution < 1.29 is 18.7 Å². The molecule has 3 aromatic rings. The van der Waals surface area contributed by atoms with E-state index in [2.05, 4.69) is 10.3 Å². The second kappa shape index (κ2) is 7.30. The predicted octanol–water partition coefficient (Wildman–Crippen LogP) is 2.63. The molecule has 0 spiro atoms. The monoisotopic (exact) mass is 382 g/mol. The molecular formula is C20H19FN4O3. The molecule has 0 aliphatic carbocycles. The molecule has 28 heavy (non-hydrogen) atoms. The number of hydrogen-bond donors (Lipinski definition) is 0. The summed E-state index contributed by atoms with van der Waals surface area (Å²) < 4.78 is 26.2. The molecule has 8 heteroatoms. The number of likely N-dealkylation sites (N-methyl/N-ethyl adjacent to an activating group) is 1. The first-order valence-electron chi connectivity index (χ1n) is 8.85. The molecule has 7 nitrogen and oxygen atoms in total. The molecule has 2 heterocycles. The van der Waals surface area contributed by atoms with Crippen molar-refractivity contribution in [3.63, 3.8) is 0 Å². The SMILES string of the molecule is Cc1c(C(=O)N(C)CC2COc3ccccc3O2)nnn1-c1ccc(F)cc1. The summed E-state index contributed by atoms with van der Waals surface area (Å²) in [5.41, 5.74) is 1.45. The maximum atomic E-state index is 13.1. The lowest BCUT2D eigenvalue weighted by Crippen LogP contribution is -2.42. The van der Waals surface area contributed by atoms with Gasteiger partial charge in [0.1, 0.15) is 12.4 Å². The molecule has 0 saturated carbocycles. The molecule has 144 valence electrons. The first-order chi connectivity index (χ1) is 13.5. The van der Waals surface area contributed by atoms with Crippen molar-refractivity contribution >= 4 is 5.91 Å². The Bertz CT molecular complexity index is 1000. The summed E-state index contributed by atoms with van der Waals surface area (Å²) in [6.45, 7) is 2.45. The van der Waals surface area contributed by atoms with E-state index in [-0.39, 0.29) is 23.5 Å². The van der Waals surface area contributed by atoms with Gasteiger partial charge >= 0.3 is 0 Å². The standard InChI is InChI=1S/C20H19FN4O3/c1-13-19(22-23-25(13)15-9-7-14(21)8-10-15)20(26)24(2)11-16-12-27-17-5-3-4-6-18(17)28-16/h3-10,16H,11-12H2,1-2H3. The second-order valence-electron chi connectivity index (χ2n) is 6.59.